The van der Waals surface area contributed by atoms with Gasteiger partial charge in [0.05, 0.1) is 0 Å². The van der Waals surface area contributed by atoms with Crippen molar-refractivity contribution in [1.82, 2.24) is 10.6 Å². The van der Waals surface area contributed by atoms with Crippen molar-refractivity contribution in [2.45, 2.75) is 44.9 Å². The van der Waals surface area contributed by atoms with Crippen molar-refractivity contribution in [2.75, 3.05) is 0 Å². The molecular weight excluding hydrogens is 295 g/mol. The van der Waals surface area contributed by atoms with Gasteiger partial charge in [-0.3, -0.25) is 4.79 Å². The summed E-state index contributed by atoms with van der Waals surface area (Å²) in [5, 5.41) is 12.1. The number of nitrogens with two attached hydrogens (primary N) is 1. The van der Waals surface area contributed by atoms with Crippen LogP contribution in [0.3, 0.4) is 0 Å². The molecule has 0 aliphatic carbocycles. The fourth-order valence-corrected chi connectivity index (χ4v) is 1.45. The van der Waals surface area contributed by atoms with E-state index < -0.39 is 35.7 Å². The van der Waals surface area contributed by atoms with E-state index in [0.29, 0.717) is 6.92 Å². The van der Waals surface area contributed by atoms with E-state index in [4.69, 9.17) is 10.8 Å². The Balaban J connectivity index is 5.26. The quantitative estimate of drug-likeness (QED) is 0.573. The molecule has 0 aliphatic heterocycles. The summed E-state index contributed by atoms with van der Waals surface area (Å²) >= 11 is 0. The van der Waals surface area contributed by atoms with E-state index >= 15 is 0 Å². The minimum Gasteiger partial charge on any atom is -0.479 e. The molecule has 0 radical (unpaired) electrons. The highest BCUT2D eigenvalue weighted by atomic mass is 19.4. The summed E-state index contributed by atoms with van der Waals surface area (Å²) in [6.07, 6.45) is -5.20. The van der Waals surface area contributed by atoms with Crippen LogP contribution < -0.4 is 16.4 Å². The number of carbonyl (C=O) groups is 3. The van der Waals surface area contributed by atoms with Gasteiger partial charge in [0, 0.05) is 0 Å². The zero-order valence-electron chi connectivity index (χ0n) is 11.7. The third-order valence-electron chi connectivity index (χ3n) is 2.71. The van der Waals surface area contributed by atoms with Crippen LogP contribution in [-0.4, -0.2) is 40.8 Å². The molecule has 0 fully saturated rings. The molecule has 122 valence electrons. The summed E-state index contributed by atoms with van der Waals surface area (Å²) in [4.78, 5) is 33.4. The van der Waals surface area contributed by atoms with E-state index in [-0.39, 0.29) is 12.3 Å². The Kier molecular flexibility index (Phi) is 6.00. The maximum atomic E-state index is 12.8. The van der Waals surface area contributed by atoms with Gasteiger partial charge in [-0.1, -0.05) is 13.8 Å². The van der Waals surface area contributed by atoms with Gasteiger partial charge in [-0.05, 0) is 19.3 Å². The number of amides is 3. The summed E-state index contributed by atoms with van der Waals surface area (Å²) in [7, 11) is 0. The fourth-order valence-electron chi connectivity index (χ4n) is 1.45. The van der Waals surface area contributed by atoms with Crippen molar-refractivity contribution in [3.63, 3.8) is 0 Å². The zero-order chi connectivity index (χ0) is 17.0. The number of carboxylic acids is 1. The highest BCUT2D eigenvalue weighted by Gasteiger charge is 2.58. The second-order valence-corrected chi connectivity index (χ2v) is 5.11. The van der Waals surface area contributed by atoms with Gasteiger partial charge in [0.2, 0.25) is 11.4 Å². The van der Waals surface area contributed by atoms with Crippen LogP contribution in [0.2, 0.25) is 0 Å². The van der Waals surface area contributed by atoms with E-state index in [1.807, 2.05) is 5.32 Å². The van der Waals surface area contributed by atoms with Crippen molar-refractivity contribution in [1.29, 1.82) is 0 Å². The molecular formula is C11H18F3N3O4. The number of alkyl halides is 3. The molecule has 0 rings (SSSR count). The molecule has 0 bridgehead atoms. The van der Waals surface area contributed by atoms with E-state index in [1.54, 1.807) is 13.8 Å². The molecule has 7 nitrogen and oxygen atoms in total. The summed E-state index contributed by atoms with van der Waals surface area (Å²) < 4.78 is 38.4. The predicted molar refractivity (Wildman–Crippen MR) is 66.2 cm³/mol. The minimum atomic E-state index is -5.20. The Morgan fingerprint density at radius 1 is 1.24 bits per heavy atom. The second kappa shape index (κ2) is 6.64. The Hall–Kier alpha value is -2.00. The minimum absolute atomic E-state index is 0.00231. The topological polar surface area (TPSA) is 122 Å². The van der Waals surface area contributed by atoms with Crippen molar-refractivity contribution in [3.05, 3.63) is 0 Å². The van der Waals surface area contributed by atoms with Crippen LogP contribution in [0, 0.1) is 5.92 Å². The molecule has 0 aliphatic rings. The van der Waals surface area contributed by atoms with Gasteiger partial charge in [0.1, 0.15) is 6.04 Å². The molecule has 0 saturated carbocycles. The average Bonchev–Trinajstić information content (AvgIpc) is 2.24. The van der Waals surface area contributed by atoms with Gasteiger partial charge < -0.3 is 21.5 Å². The molecule has 5 N–H and O–H groups in total. The van der Waals surface area contributed by atoms with Crippen molar-refractivity contribution in [3.8, 4) is 0 Å². The first-order valence-corrected chi connectivity index (χ1v) is 5.99. The largest absolute Gasteiger partial charge is 0.479 e. The van der Waals surface area contributed by atoms with Gasteiger partial charge in [-0.15, -0.1) is 0 Å². The number of urea groups is 1. The molecule has 0 spiro atoms. The first-order valence-electron chi connectivity index (χ1n) is 5.99. The molecule has 10 heteroatoms. The van der Waals surface area contributed by atoms with E-state index in [1.165, 1.54) is 5.32 Å². The molecule has 2 unspecified atom stereocenters. The lowest BCUT2D eigenvalue weighted by atomic mass is 9.98. The molecule has 0 heterocycles. The first kappa shape index (κ1) is 19.0. The highest BCUT2D eigenvalue weighted by molar-refractivity contribution is 5.92. The number of hydrogen-bond donors (Lipinski definition) is 4. The molecule has 2 atom stereocenters. The van der Waals surface area contributed by atoms with Gasteiger partial charge in [-0.2, -0.15) is 13.2 Å². The van der Waals surface area contributed by atoms with E-state index in [0.717, 1.165) is 0 Å². The first-order chi connectivity index (χ1) is 9.31. The van der Waals surface area contributed by atoms with Crippen LogP contribution in [0.4, 0.5) is 18.0 Å². The average molecular weight is 313 g/mol. The zero-order valence-corrected chi connectivity index (χ0v) is 11.7. The Morgan fingerprint density at radius 2 is 1.71 bits per heavy atom. The van der Waals surface area contributed by atoms with Crippen LogP contribution in [0.1, 0.15) is 27.2 Å². The number of carboxylic acid groups (broad SMARTS) is 1. The van der Waals surface area contributed by atoms with Crippen LogP contribution in [0.5, 0.6) is 0 Å². The fraction of sp³-hybridized carbons (Fsp3) is 0.727. The van der Waals surface area contributed by atoms with Gasteiger partial charge >= 0.3 is 18.2 Å². The number of halogens is 3. The smallest absolute Gasteiger partial charge is 0.422 e. The second-order valence-electron chi connectivity index (χ2n) is 5.11. The summed E-state index contributed by atoms with van der Waals surface area (Å²) in [5.41, 5.74) is 1.39. The van der Waals surface area contributed by atoms with Crippen LogP contribution in [0.25, 0.3) is 0 Å². The molecule has 3 amide bonds. The number of hydrogen-bond acceptors (Lipinski definition) is 3. The lowest BCUT2D eigenvalue weighted by Crippen LogP contribution is -2.65. The van der Waals surface area contributed by atoms with E-state index in [2.05, 4.69) is 0 Å². The maximum Gasteiger partial charge on any atom is 0.422 e. The van der Waals surface area contributed by atoms with Crippen LogP contribution in [0.15, 0.2) is 0 Å². The van der Waals surface area contributed by atoms with Gasteiger partial charge in [0.15, 0.2) is 0 Å². The Bertz CT molecular complexity index is 425. The molecule has 0 saturated heterocycles. The van der Waals surface area contributed by atoms with Gasteiger partial charge in [0.25, 0.3) is 0 Å². The lowest BCUT2D eigenvalue weighted by Gasteiger charge is -2.30. The summed E-state index contributed by atoms with van der Waals surface area (Å²) in [6.45, 7) is 3.66. The number of rotatable bonds is 6. The summed E-state index contributed by atoms with van der Waals surface area (Å²) in [6, 6.07) is -2.46. The van der Waals surface area contributed by atoms with Crippen LogP contribution in [-0.2, 0) is 9.59 Å². The van der Waals surface area contributed by atoms with Crippen LogP contribution >= 0.6 is 0 Å². The molecule has 21 heavy (non-hydrogen) atoms. The van der Waals surface area contributed by atoms with Crippen molar-refractivity contribution >= 4 is 17.9 Å². The SMILES string of the molecule is CC(C)CC(NC(N)=O)C(=O)NC(C)(C(=O)O)C(F)(F)F. The maximum absolute atomic E-state index is 12.8. The molecule has 0 aromatic heterocycles. The normalized spacial score (nSPS) is 16.0. The lowest BCUT2D eigenvalue weighted by molar-refractivity contribution is -0.207. The highest BCUT2D eigenvalue weighted by Crippen LogP contribution is 2.30. The third-order valence-corrected chi connectivity index (χ3v) is 2.71. The number of aliphatic carboxylic acids is 1. The Labute approximate surface area is 119 Å². The van der Waals surface area contributed by atoms with E-state index in [9.17, 15) is 27.6 Å². The number of carbonyl (C=O) groups excluding carboxylic acids is 2. The molecule has 0 aromatic rings. The molecule has 0 aromatic carbocycles. The van der Waals surface area contributed by atoms with Gasteiger partial charge in [-0.25, -0.2) is 9.59 Å². The summed E-state index contributed by atoms with van der Waals surface area (Å²) in [5.74, 6) is -3.68. The standard InChI is InChI=1S/C11H18F3N3O4/c1-5(2)4-6(16-9(15)21)7(18)17-10(3,8(19)20)11(12,13)14/h5-6H,4H2,1-3H3,(H,17,18)(H,19,20)(H3,15,16,21). The number of nitrogens with one attached hydrogen (secondary N) is 2. The predicted octanol–water partition coefficient (Wildman–Crippen LogP) is 0.591. The van der Waals surface area contributed by atoms with Crippen molar-refractivity contribution in [2.24, 2.45) is 11.7 Å². The third kappa shape index (κ3) is 5.12. The number of primary amides is 1. The monoisotopic (exact) mass is 313 g/mol. The Morgan fingerprint density at radius 3 is 2.00 bits per heavy atom. The van der Waals surface area contributed by atoms with Crippen molar-refractivity contribution < 1.29 is 32.7 Å².